The summed E-state index contributed by atoms with van der Waals surface area (Å²) in [4.78, 5) is 10.4. The van der Waals surface area contributed by atoms with E-state index in [2.05, 4.69) is 0 Å². The molecule has 2 aliphatic rings. The van der Waals surface area contributed by atoms with Crippen LogP contribution in [0.3, 0.4) is 0 Å². The molecule has 0 spiro atoms. The normalized spacial score (nSPS) is 43.5. The third kappa shape index (κ3) is 1.30. The van der Waals surface area contributed by atoms with Gasteiger partial charge >= 0.3 is 0 Å². The van der Waals surface area contributed by atoms with E-state index in [1.165, 1.54) is 0 Å². The molecule has 0 aromatic rings. The number of carbonyl (C=O) groups is 1. The van der Waals surface area contributed by atoms with Gasteiger partial charge in [-0.3, -0.25) is 0 Å². The van der Waals surface area contributed by atoms with Gasteiger partial charge in [0.05, 0.1) is 12.2 Å². The smallest absolute Gasteiger partial charge is 0.148 e. The minimum absolute atomic E-state index is 0.193. The Labute approximate surface area is 65.7 Å². The largest absolute Gasteiger partial charge is 0.375 e. The van der Waals surface area contributed by atoms with Gasteiger partial charge in [-0.1, -0.05) is 0 Å². The highest BCUT2D eigenvalue weighted by molar-refractivity contribution is 5.56. The second-order valence-corrected chi connectivity index (χ2v) is 3.14. The maximum atomic E-state index is 10.4. The lowest BCUT2D eigenvalue weighted by molar-refractivity contribution is -0.118. The van der Waals surface area contributed by atoms with Crippen LogP contribution in [0.4, 0.5) is 0 Å². The molecule has 3 nitrogen and oxygen atoms in total. The van der Waals surface area contributed by atoms with Gasteiger partial charge in [0.2, 0.25) is 0 Å². The first-order valence-corrected chi connectivity index (χ1v) is 4.12. The van der Waals surface area contributed by atoms with Gasteiger partial charge in [0.15, 0.2) is 0 Å². The number of carbonyl (C=O) groups excluding carboxylic acids is 1. The Bertz CT molecular complexity index is 143. The van der Waals surface area contributed by atoms with Crippen LogP contribution < -0.4 is 0 Å². The number of hydrogen-bond acceptors (Lipinski definition) is 3. The van der Waals surface area contributed by atoms with Crippen LogP contribution in [0.5, 0.6) is 0 Å². The van der Waals surface area contributed by atoms with Crippen LogP contribution in [0.15, 0.2) is 0 Å². The summed E-state index contributed by atoms with van der Waals surface area (Å²) in [5, 5.41) is 0. The van der Waals surface area contributed by atoms with Gasteiger partial charge in [0, 0.05) is 13.0 Å². The van der Waals surface area contributed by atoms with E-state index in [-0.39, 0.29) is 18.3 Å². The van der Waals surface area contributed by atoms with E-state index in [4.69, 9.17) is 9.47 Å². The Morgan fingerprint density at radius 1 is 1.36 bits per heavy atom. The molecule has 0 N–H and O–H groups in total. The molecule has 0 aliphatic carbocycles. The maximum absolute atomic E-state index is 10.4. The first-order valence-electron chi connectivity index (χ1n) is 4.12. The van der Waals surface area contributed by atoms with E-state index >= 15 is 0 Å². The van der Waals surface area contributed by atoms with Gasteiger partial charge in [-0.25, -0.2) is 0 Å². The standard InChI is InChI=1S/C8H12O3/c9-5-6-4-8-7(11-6)2-1-3-10-8/h5-8H,1-4H2/t6-,7-,8-/m1/s1. The van der Waals surface area contributed by atoms with Gasteiger partial charge in [-0.2, -0.15) is 0 Å². The summed E-state index contributed by atoms with van der Waals surface area (Å²) in [6.45, 7) is 0.829. The number of fused-ring (bicyclic) bond motifs is 1. The van der Waals surface area contributed by atoms with Crippen LogP contribution in [-0.2, 0) is 14.3 Å². The molecule has 11 heavy (non-hydrogen) atoms. The predicted octanol–water partition coefficient (Wildman–Crippen LogP) is 0.522. The SMILES string of the molecule is O=C[C@H]1C[C@H]2OCCC[C@H]2O1. The summed E-state index contributed by atoms with van der Waals surface area (Å²) >= 11 is 0. The molecule has 3 heteroatoms. The Morgan fingerprint density at radius 3 is 3.00 bits per heavy atom. The van der Waals surface area contributed by atoms with Crippen molar-refractivity contribution in [1.29, 1.82) is 0 Å². The van der Waals surface area contributed by atoms with Gasteiger partial charge in [0.25, 0.3) is 0 Å². The molecule has 0 amide bonds. The van der Waals surface area contributed by atoms with Crippen molar-refractivity contribution < 1.29 is 14.3 Å². The van der Waals surface area contributed by atoms with E-state index in [1.807, 2.05) is 0 Å². The van der Waals surface area contributed by atoms with Crippen molar-refractivity contribution in [1.82, 2.24) is 0 Å². The molecular weight excluding hydrogens is 144 g/mol. The average Bonchev–Trinajstić information content (AvgIpc) is 2.46. The first-order chi connectivity index (χ1) is 5.40. The van der Waals surface area contributed by atoms with E-state index in [1.54, 1.807) is 0 Å². The van der Waals surface area contributed by atoms with E-state index in [0.717, 1.165) is 32.2 Å². The maximum Gasteiger partial charge on any atom is 0.148 e. The van der Waals surface area contributed by atoms with Crippen LogP contribution in [-0.4, -0.2) is 31.2 Å². The van der Waals surface area contributed by atoms with Gasteiger partial charge in [-0.05, 0) is 12.8 Å². The minimum atomic E-state index is -0.205. The molecule has 0 radical (unpaired) electrons. The number of aldehydes is 1. The molecule has 0 unspecified atom stereocenters. The molecule has 0 aromatic carbocycles. The highest BCUT2D eigenvalue weighted by Crippen LogP contribution is 2.28. The molecule has 0 bridgehead atoms. The molecule has 2 fully saturated rings. The fourth-order valence-electron chi connectivity index (χ4n) is 1.78. The summed E-state index contributed by atoms with van der Waals surface area (Å²) in [5.41, 5.74) is 0. The Morgan fingerprint density at radius 2 is 2.27 bits per heavy atom. The van der Waals surface area contributed by atoms with Crippen LogP contribution >= 0.6 is 0 Å². The fourth-order valence-corrected chi connectivity index (χ4v) is 1.78. The third-order valence-electron chi connectivity index (χ3n) is 2.35. The molecule has 2 saturated heterocycles. The monoisotopic (exact) mass is 156 g/mol. The highest BCUT2D eigenvalue weighted by atomic mass is 16.6. The van der Waals surface area contributed by atoms with E-state index in [9.17, 15) is 4.79 Å². The number of ether oxygens (including phenoxy) is 2. The van der Waals surface area contributed by atoms with Crippen LogP contribution in [0.1, 0.15) is 19.3 Å². The molecule has 0 aromatic heterocycles. The number of rotatable bonds is 1. The van der Waals surface area contributed by atoms with Gasteiger partial charge in [-0.15, -0.1) is 0 Å². The van der Waals surface area contributed by atoms with Crippen LogP contribution in [0, 0.1) is 0 Å². The number of hydrogen-bond donors (Lipinski definition) is 0. The zero-order valence-electron chi connectivity index (χ0n) is 6.36. The zero-order chi connectivity index (χ0) is 7.68. The molecule has 2 aliphatic heterocycles. The van der Waals surface area contributed by atoms with Crippen molar-refractivity contribution in [2.45, 2.75) is 37.6 Å². The quantitative estimate of drug-likeness (QED) is 0.519. The molecule has 3 atom stereocenters. The van der Waals surface area contributed by atoms with Crippen molar-refractivity contribution in [2.24, 2.45) is 0 Å². The van der Waals surface area contributed by atoms with Crippen LogP contribution in [0.25, 0.3) is 0 Å². The van der Waals surface area contributed by atoms with Crippen molar-refractivity contribution in [2.75, 3.05) is 6.61 Å². The summed E-state index contributed by atoms with van der Waals surface area (Å²) in [7, 11) is 0. The molecule has 2 heterocycles. The Hall–Kier alpha value is -0.410. The third-order valence-corrected chi connectivity index (χ3v) is 2.35. The Balaban J connectivity index is 1.97. The molecular formula is C8H12O3. The lowest BCUT2D eigenvalue weighted by Gasteiger charge is -2.23. The lowest BCUT2D eigenvalue weighted by atomic mass is 10.0. The van der Waals surface area contributed by atoms with E-state index in [0.29, 0.717) is 0 Å². The molecule has 62 valence electrons. The lowest BCUT2D eigenvalue weighted by Crippen LogP contribution is -2.29. The van der Waals surface area contributed by atoms with Gasteiger partial charge in [0.1, 0.15) is 12.4 Å². The summed E-state index contributed by atoms with van der Waals surface area (Å²) in [5.74, 6) is 0. The van der Waals surface area contributed by atoms with E-state index < -0.39 is 0 Å². The zero-order valence-corrected chi connectivity index (χ0v) is 6.36. The van der Waals surface area contributed by atoms with Crippen molar-refractivity contribution in [3.8, 4) is 0 Å². The predicted molar refractivity (Wildman–Crippen MR) is 38.3 cm³/mol. The average molecular weight is 156 g/mol. The minimum Gasteiger partial charge on any atom is -0.375 e. The summed E-state index contributed by atoms with van der Waals surface area (Å²) < 4.78 is 10.9. The summed E-state index contributed by atoms with van der Waals surface area (Å²) in [6.07, 6.45) is 3.93. The van der Waals surface area contributed by atoms with Crippen molar-refractivity contribution >= 4 is 6.29 Å². The highest BCUT2D eigenvalue weighted by Gasteiger charge is 2.37. The first kappa shape index (κ1) is 7.25. The van der Waals surface area contributed by atoms with Crippen molar-refractivity contribution in [3.63, 3.8) is 0 Å². The van der Waals surface area contributed by atoms with Crippen molar-refractivity contribution in [3.05, 3.63) is 0 Å². The van der Waals surface area contributed by atoms with Crippen LogP contribution in [0.2, 0.25) is 0 Å². The fraction of sp³-hybridized carbons (Fsp3) is 0.875. The topological polar surface area (TPSA) is 35.5 Å². The molecule has 2 rings (SSSR count). The molecule has 0 saturated carbocycles. The summed E-state index contributed by atoms with van der Waals surface area (Å²) in [6, 6.07) is 0. The second kappa shape index (κ2) is 2.91. The second-order valence-electron chi connectivity index (χ2n) is 3.14. The Kier molecular flexibility index (Phi) is 1.92. The van der Waals surface area contributed by atoms with Gasteiger partial charge < -0.3 is 14.3 Å².